The number of halogens is 2. The topological polar surface area (TPSA) is 12.0 Å². The molecule has 0 radical (unpaired) electrons. The first kappa shape index (κ1) is 11.5. The zero-order chi connectivity index (χ0) is 11.5. The zero-order valence-electron chi connectivity index (χ0n) is 9.47. The van der Waals surface area contributed by atoms with E-state index in [1.54, 1.807) is 0 Å². The Balaban J connectivity index is 1.83. The van der Waals surface area contributed by atoms with Crippen LogP contribution in [0.3, 0.4) is 0 Å². The van der Waals surface area contributed by atoms with Gasteiger partial charge in [-0.15, -0.1) is 0 Å². The molecule has 1 aliphatic rings. The quantitative estimate of drug-likeness (QED) is 0.811. The van der Waals surface area contributed by atoms with Crippen LogP contribution in [0, 0.1) is 17.6 Å². The minimum atomic E-state index is -0.508. The molecule has 0 saturated heterocycles. The normalized spacial score (nSPS) is 17.4. The van der Waals surface area contributed by atoms with Crippen LogP contribution in [0.15, 0.2) is 18.2 Å². The molecule has 1 unspecified atom stereocenters. The van der Waals surface area contributed by atoms with Crippen LogP contribution >= 0.6 is 0 Å². The van der Waals surface area contributed by atoms with E-state index in [-0.39, 0.29) is 0 Å². The first-order valence-corrected chi connectivity index (χ1v) is 5.82. The average molecular weight is 225 g/mol. The van der Waals surface area contributed by atoms with Crippen LogP contribution in [0.25, 0.3) is 0 Å². The summed E-state index contributed by atoms with van der Waals surface area (Å²) >= 11 is 0. The van der Waals surface area contributed by atoms with E-state index in [0.717, 1.165) is 18.4 Å². The van der Waals surface area contributed by atoms with Crippen molar-refractivity contribution in [2.45, 2.75) is 38.8 Å². The number of hydrogen-bond acceptors (Lipinski definition) is 1. The summed E-state index contributed by atoms with van der Waals surface area (Å²) < 4.78 is 25.8. The SMILES string of the molecule is CC(CC1CC1)NCc1cc(F)cc(F)c1. The van der Waals surface area contributed by atoms with Crippen molar-refractivity contribution >= 4 is 0 Å². The highest BCUT2D eigenvalue weighted by molar-refractivity contribution is 5.17. The standard InChI is InChI=1S/C13H17F2N/c1-9(4-10-2-3-10)16-8-11-5-12(14)7-13(15)6-11/h5-7,9-10,16H,2-4,8H2,1H3. The monoisotopic (exact) mass is 225 g/mol. The Morgan fingerprint density at radius 3 is 2.44 bits per heavy atom. The molecule has 0 amide bonds. The van der Waals surface area contributed by atoms with Crippen LogP contribution < -0.4 is 5.32 Å². The van der Waals surface area contributed by atoms with E-state index in [2.05, 4.69) is 12.2 Å². The Hall–Kier alpha value is -0.960. The maximum atomic E-state index is 12.9. The molecule has 16 heavy (non-hydrogen) atoms. The second-order valence-corrected chi connectivity index (χ2v) is 4.74. The second kappa shape index (κ2) is 4.91. The van der Waals surface area contributed by atoms with Gasteiger partial charge in [-0.1, -0.05) is 12.8 Å². The van der Waals surface area contributed by atoms with E-state index < -0.39 is 11.6 Å². The molecule has 3 heteroatoms. The van der Waals surface area contributed by atoms with Gasteiger partial charge >= 0.3 is 0 Å². The van der Waals surface area contributed by atoms with Crippen molar-refractivity contribution in [3.8, 4) is 0 Å². The predicted octanol–water partition coefficient (Wildman–Crippen LogP) is 3.24. The highest BCUT2D eigenvalue weighted by Crippen LogP contribution is 2.33. The van der Waals surface area contributed by atoms with Crippen LogP contribution in [-0.2, 0) is 6.54 Å². The van der Waals surface area contributed by atoms with Crippen molar-refractivity contribution in [1.29, 1.82) is 0 Å². The van der Waals surface area contributed by atoms with E-state index in [0.29, 0.717) is 18.2 Å². The molecule has 1 nitrogen and oxygen atoms in total. The van der Waals surface area contributed by atoms with Gasteiger partial charge in [0.25, 0.3) is 0 Å². The van der Waals surface area contributed by atoms with Gasteiger partial charge in [0.1, 0.15) is 11.6 Å². The lowest BCUT2D eigenvalue weighted by atomic mass is 10.1. The molecular formula is C13H17F2N. The average Bonchev–Trinajstić information content (AvgIpc) is 2.97. The minimum Gasteiger partial charge on any atom is -0.310 e. The molecule has 1 fully saturated rings. The maximum Gasteiger partial charge on any atom is 0.126 e. The smallest absolute Gasteiger partial charge is 0.126 e. The van der Waals surface area contributed by atoms with Crippen molar-refractivity contribution in [3.63, 3.8) is 0 Å². The fourth-order valence-electron chi connectivity index (χ4n) is 1.94. The Morgan fingerprint density at radius 1 is 1.25 bits per heavy atom. The van der Waals surface area contributed by atoms with Gasteiger partial charge < -0.3 is 5.32 Å². The lowest BCUT2D eigenvalue weighted by molar-refractivity contribution is 0.484. The largest absolute Gasteiger partial charge is 0.310 e. The van der Waals surface area contributed by atoms with Gasteiger partial charge in [0.15, 0.2) is 0 Å². The van der Waals surface area contributed by atoms with E-state index in [1.807, 2.05) is 0 Å². The van der Waals surface area contributed by atoms with Gasteiger partial charge in [0.2, 0.25) is 0 Å². The Kier molecular flexibility index (Phi) is 3.54. The first-order valence-electron chi connectivity index (χ1n) is 5.82. The maximum absolute atomic E-state index is 12.9. The third-order valence-electron chi connectivity index (χ3n) is 2.96. The van der Waals surface area contributed by atoms with Crippen LogP contribution in [0.1, 0.15) is 31.7 Å². The summed E-state index contributed by atoms with van der Waals surface area (Å²) in [5.41, 5.74) is 0.667. The molecule has 1 aliphatic carbocycles. The van der Waals surface area contributed by atoms with Gasteiger partial charge in [0, 0.05) is 18.7 Å². The molecule has 0 aromatic heterocycles. The molecule has 2 rings (SSSR count). The van der Waals surface area contributed by atoms with E-state index >= 15 is 0 Å². The lowest BCUT2D eigenvalue weighted by Crippen LogP contribution is -2.25. The van der Waals surface area contributed by atoms with Gasteiger partial charge in [-0.25, -0.2) is 8.78 Å². The molecule has 1 aromatic carbocycles. The van der Waals surface area contributed by atoms with E-state index in [9.17, 15) is 8.78 Å². The van der Waals surface area contributed by atoms with Crippen LogP contribution in [0.5, 0.6) is 0 Å². The van der Waals surface area contributed by atoms with Gasteiger partial charge in [-0.2, -0.15) is 0 Å². The minimum absolute atomic E-state index is 0.416. The molecule has 1 aromatic rings. The van der Waals surface area contributed by atoms with Gasteiger partial charge in [-0.3, -0.25) is 0 Å². The molecule has 0 aliphatic heterocycles. The predicted molar refractivity (Wildman–Crippen MR) is 60.0 cm³/mol. The number of rotatable bonds is 5. The Labute approximate surface area is 94.9 Å². The third kappa shape index (κ3) is 3.56. The van der Waals surface area contributed by atoms with Crippen LogP contribution in [-0.4, -0.2) is 6.04 Å². The van der Waals surface area contributed by atoms with E-state index in [4.69, 9.17) is 0 Å². The number of nitrogens with one attached hydrogen (secondary N) is 1. The van der Waals surface area contributed by atoms with Gasteiger partial charge in [-0.05, 0) is 37.0 Å². The summed E-state index contributed by atoms with van der Waals surface area (Å²) in [6, 6.07) is 4.07. The van der Waals surface area contributed by atoms with Crippen molar-refractivity contribution in [3.05, 3.63) is 35.4 Å². The highest BCUT2D eigenvalue weighted by atomic mass is 19.1. The molecule has 1 atom stereocenters. The molecule has 88 valence electrons. The first-order chi connectivity index (χ1) is 7.63. The molecule has 1 N–H and O–H groups in total. The molecule has 0 heterocycles. The summed E-state index contributed by atoms with van der Waals surface area (Å²) in [5.74, 6) is -0.148. The lowest BCUT2D eigenvalue weighted by Gasteiger charge is -2.13. The van der Waals surface area contributed by atoms with Crippen molar-refractivity contribution in [2.75, 3.05) is 0 Å². The van der Waals surface area contributed by atoms with Crippen LogP contribution in [0.4, 0.5) is 8.78 Å². The number of hydrogen-bond donors (Lipinski definition) is 1. The third-order valence-corrected chi connectivity index (χ3v) is 2.96. The van der Waals surface area contributed by atoms with Crippen molar-refractivity contribution < 1.29 is 8.78 Å². The molecular weight excluding hydrogens is 208 g/mol. The molecule has 0 bridgehead atoms. The summed E-state index contributed by atoms with van der Waals surface area (Å²) in [4.78, 5) is 0. The molecule has 0 spiro atoms. The fourth-order valence-corrected chi connectivity index (χ4v) is 1.94. The van der Waals surface area contributed by atoms with Crippen molar-refractivity contribution in [1.82, 2.24) is 5.32 Å². The summed E-state index contributed by atoms with van der Waals surface area (Å²) in [6.07, 6.45) is 3.83. The molecule has 1 saturated carbocycles. The zero-order valence-corrected chi connectivity index (χ0v) is 9.47. The van der Waals surface area contributed by atoms with E-state index in [1.165, 1.54) is 25.0 Å². The highest BCUT2D eigenvalue weighted by Gasteiger charge is 2.23. The van der Waals surface area contributed by atoms with Crippen molar-refractivity contribution in [2.24, 2.45) is 5.92 Å². The van der Waals surface area contributed by atoms with Crippen LogP contribution in [0.2, 0.25) is 0 Å². The number of benzene rings is 1. The Morgan fingerprint density at radius 2 is 1.88 bits per heavy atom. The summed E-state index contributed by atoms with van der Waals surface area (Å²) in [5, 5.41) is 3.29. The second-order valence-electron chi connectivity index (χ2n) is 4.74. The van der Waals surface area contributed by atoms with Gasteiger partial charge in [0.05, 0.1) is 0 Å². The fraction of sp³-hybridized carbons (Fsp3) is 0.538. The Bertz CT molecular complexity index is 341. The summed E-state index contributed by atoms with van der Waals surface area (Å²) in [7, 11) is 0. The summed E-state index contributed by atoms with van der Waals surface area (Å²) in [6.45, 7) is 2.65.